The maximum absolute atomic E-state index is 12.0. The predicted octanol–water partition coefficient (Wildman–Crippen LogP) is 1.53. The predicted molar refractivity (Wildman–Crippen MR) is 90.5 cm³/mol. The van der Waals surface area contributed by atoms with Crippen LogP contribution in [0.5, 0.6) is 0 Å². The second-order valence-electron chi connectivity index (χ2n) is 6.33. The second kappa shape index (κ2) is 7.94. The third-order valence-electron chi connectivity index (χ3n) is 4.08. The number of carbonyl (C=O) groups excluding carboxylic acids is 2. The largest absolute Gasteiger partial charge is 0.367 e. The Morgan fingerprint density at radius 3 is 2.43 bits per heavy atom. The minimum absolute atomic E-state index is 0.121. The third-order valence-corrected chi connectivity index (χ3v) is 4.08. The van der Waals surface area contributed by atoms with Gasteiger partial charge < -0.3 is 15.1 Å². The number of carbonyl (C=O) groups is 2. The van der Waals surface area contributed by atoms with Crippen molar-refractivity contribution in [3.05, 3.63) is 24.0 Å². The Kier molecular flexibility index (Phi) is 5.96. The normalized spacial score (nSPS) is 15.0. The summed E-state index contributed by atoms with van der Waals surface area (Å²) in [5.74, 6) is 0.564. The van der Waals surface area contributed by atoms with Gasteiger partial charge in [0.2, 0.25) is 5.91 Å². The Morgan fingerprint density at radius 2 is 1.91 bits per heavy atom. The molecule has 1 N–H and O–H groups in total. The van der Waals surface area contributed by atoms with Crippen LogP contribution in [0.25, 0.3) is 0 Å². The van der Waals surface area contributed by atoms with E-state index < -0.39 is 0 Å². The minimum Gasteiger partial charge on any atom is -0.367 e. The Balaban J connectivity index is 1.87. The Labute approximate surface area is 137 Å². The smallest absolute Gasteiger partial charge is 0.269 e. The quantitative estimate of drug-likeness (QED) is 0.894. The topological polar surface area (TPSA) is 65.5 Å². The van der Waals surface area contributed by atoms with Gasteiger partial charge in [-0.25, -0.2) is 4.98 Å². The fourth-order valence-electron chi connectivity index (χ4n) is 2.55. The molecule has 1 aromatic rings. The lowest BCUT2D eigenvalue weighted by Crippen LogP contribution is -2.48. The van der Waals surface area contributed by atoms with E-state index in [0.717, 1.165) is 38.3 Å². The van der Waals surface area contributed by atoms with Crippen molar-refractivity contribution in [3.63, 3.8) is 0 Å². The zero-order valence-electron chi connectivity index (χ0n) is 14.2. The first-order valence-corrected chi connectivity index (χ1v) is 8.22. The molecule has 1 saturated heterocycles. The highest BCUT2D eigenvalue weighted by Crippen LogP contribution is 2.15. The van der Waals surface area contributed by atoms with E-state index in [4.69, 9.17) is 0 Å². The second-order valence-corrected chi connectivity index (χ2v) is 6.33. The molecule has 0 bridgehead atoms. The van der Waals surface area contributed by atoms with E-state index in [1.54, 1.807) is 19.2 Å². The van der Waals surface area contributed by atoms with Gasteiger partial charge in [0.15, 0.2) is 0 Å². The van der Waals surface area contributed by atoms with Gasteiger partial charge in [-0.05, 0) is 24.5 Å². The summed E-state index contributed by atoms with van der Waals surface area (Å²) in [6, 6.07) is 3.69. The Bertz CT molecular complexity index is 534. The van der Waals surface area contributed by atoms with Crippen molar-refractivity contribution >= 4 is 17.5 Å². The zero-order chi connectivity index (χ0) is 16.8. The number of rotatable bonds is 5. The van der Waals surface area contributed by atoms with Crippen molar-refractivity contribution in [2.24, 2.45) is 5.92 Å². The fraction of sp³-hybridized carbons (Fsp3) is 0.588. The molecule has 23 heavy (non-hydrogen) atoms. The van der Waals surface area contributed by atoms with E-state index >= 15 is 0 Å². The fourth-order valence-corrected chi connectivity index (χ4v) is 2.55. The summed E-state index contributed by atoms with van der Waals surface area (Å²) < 4.78 is 0. The molecule has 6 heteroatoms. The van der Waals surface area contributed by atoms with Crippen LogP contribution in [0.4, 0.5) is 5.69 Å². The molecule has 6 nitrogen and oxygen atoms in total. The van der Waals surface area contributed by atoms with Crippen molar-refractivity contribution in [3.8, 4) is 0 Å². The van der Waals surface area contributed by atoms with Gasteiger partial charge in [0, 0.05) is 39.6 Å². The zero-order valence-corrected chi connectivity index (χ0v) is 14.2. The van der Waals surface area contributed by atoms with Crippen LogP contribution in [-0.2, 0) is 4.79 Å². The standard InChI is InChI=1S/C17H26N4O2/c1-13(2)6-7-18-17(23)16-5-4-15(12-19-16)21-10-8-20(9-11-21)14(3)22/h4-5,12-13H,6-11H2,1-3H3,(H,18,23). The molecular formula is C17H26N4O2. The number of amides is 2. The average Bonchev–Trinajstić information content (AvgIpc) is 2.54. The molecule has 2 heterocycles. The molecule has 0 spiro atoms. The van der Waals surface area contributed by atoms with Crippen LogP contribution in [0.15, 0.2) is 18.3 Å². The van der Waals surface area contributed by atoms with Gasteiger partial charge in [0.25, 0.3) is 5.91 Å². The van der Waals surface area contributed by atoms with Crippen molar-refractivity contribution < 1.29 is 9.59 Å². The molecule has 0 unspecified atom stereocenters. The first-order valence-electron chi connectivity index (χ1n) is 8.22. The SMILES string of the molecule is CC(=O)N1CCN(c2ccc(C(=O)NCCC(C)C)nc2)CC1. The number of pyridine rings is 1. The molecule has 2 rings (SSSR count). The van der Waals surface area contributed by atoms with Crippen LogP contribution in [0.2, 0.25) is 0 Å². The summed E-state index contributed by atoms with van der Waals surface area (Å²) in [6.45, 7) is 9.58. The van der Waals surface area contributed by atoms with Crippen LogP contribution in [0, 0.1) is 5.92 Å². The lowest BCUT2D eigenvalue weighted by atomic mass is 10.1. The Hall–Kier alpha value is -2.11. The summed E-state index contributed by atoms with van der Waals surface area (Å²) in [6.07, 6.45) is 2.70. The number of aromatic nitrogens is 1. The highest BCUT2D eigenvalue weighted by molar-refractivity contribution is 5.92. The Morgan fingerprint density at radius 1 is 1.22 bits per heavy atom. The van der Waals surface area contributed by atoms with Crippen LogP contribution in [0.1, 0.15) is 37.7 Å². The summed E-state index contributed by atoms with van der Waals surface area (Å²) in [5, 5.41) is 2.89. The monoisotopic (exact) mass is 318 g/mol. The van der Waals surface area contributed by atoms with Crippen molar-refractivity contribution in [1.29, 1.82) is 0 Å². The van der Waals surface area contributed by atoms with E-state index in [9.17, 15) is 9.59 Å². The summed E-state index contributed by atoms with van der Waals surface area (Å²) in [5.41, 5.74) is 1.44. The van der Waals surface area contributed by atoms with Crippen molar-refractivity contribution in [2.45, 2.75) is 27.2 Å². The summed E-state index contributed by atoms with van der Waals surface area (Å²) >= 11 is 0. The van der Waals surface area contributed by atoms with E-state index in [1.165, 1.54) is 0 Å². The minimum atomic E-state index is -0.126. The summed E-state index contributed by atoms with van der Waals surface area (Å²) in [7, 11) is 0. The third kappa shape index (κ3) is 4.94. The number of hydrogen-bond acceptors (Lipinski definition) is 4. The average molecular weight is 318 g/mol. The molecule has 126 valence electrons. The van der Waals surface area contributed by atoms with Crippen LogP contribution in [-0.4, -0.2) is 54.4 Å². The van der Waals surface area contributed by atoms with Crippen LogP contribution >= 0.6 is 0 Å². The highest BCUT2D eigenvalue weighted by Gasteiger charge is 2.19. The van der Waals surface area contributed by atoms with E-state index in [2.05, 4.69) is 29.0 Å². The van der Waals surface area contributed by atoms with Gasteiger partial charge in [-0.3, -0.25) is 9.59 Å². The number of piperazine rings is 1. The van der Waals surface area contributed by atoms with Gasteiger partial charge in [-0.1, -0.05) is 13.8 Å². The molecule has 1 aliphatic heterocycles. The molecule has 0 aromatic carbocycles. The molecule has 2 amide bonds. The molecule has 0 radical (unpaired) electrons. The van der Waals surface area contributed by atoms with Crippen molar-refractivity contribution in [1.82, 2.24) is 15.2 Å². The molecule has 0 saturated carbocycles. The van der Waals surface area contributed by atoms with Gasteiger partial charge in [0.1, 0.15) is 5.69 Å². The molecular weight excluding hydrogens is 292 g/mol. The number of hydrogen-bond donors (Lipinski definition) is 1. The molecule has 1 aliphatic rings. The number of nitrogens with one attached hydrogen (secondary N) is 1. The van der Waals surface area contributed by atoms with Gasteiger partial charge >= 0.3 is 0 Å². The van der Waals surface area contributed by atoms with Crippen LogP contribution in [0.3, 0.4) is 0 Å². The molecule has 0 aliphatic carbocycles. The maximum atomic E-state index is 12.0. The molecule has 1 aromatic heterocycles. The summed E-state index contributed by atoms with van der Waals surface area (Å²) in [4.78, 5) is 31.6. The van der Waals surface area contributed by atoms with Gasteiger partial charge in [-0.15, -0.1) is 0 Å². The molecule has 1 fully saturated rings. The van der Waals surface area contributed by atoms with Gasteiger partial charge in [0.05, 0.1) is 11.9 Å². The number of nitrogens with zero attached hydrogens (tertiary/aromatic N) is 3. The van der Waals surface area contributed by atoms with E-state index in [-0.39, 0.29) is 11.8 Å². The van der Waals surface area contributed by atoms with E-state index in [0.29, 0.717) is 18.2 Å². The lowest BCUT2D eigenvalue weighted by Gasteiger charge is -2.35. The highest BCUT2D eigenvalue weighted by atomic mass is 16.2. The lowest BCUT2D eigenvalue weighted by molar-refractivity contribution is -0.129. The number of anilines is 1. The first-order chi connectivity index (χ1) is 11.0. The molecule has 0 atom stereocenters. The maximum Gasteiger partial charge on any atom is 0.269 e. The first kappa shape index (κ1) is 17.2. The van der Waals surface area contributed by atoms with Crippen molar-refractivity contribution in [2.75, 3.05) is 37.6 Å². The van der Waals surface area contributed by atoms with Crippen LogP contribution < -0.4 is 10.2 Å². The van der Waals surface area contributed by atoms with E-state index in [1.807, 2.05) is 11.0 Å². The van der Waals surface area contributed by atoms with Gasteiger partial charge in [-0.2, -0.15) is 0 Å².